The summed E-state index contributed by atoms with van der Waals surface area (Å²) in [5.41, 5.74) is 1.80. The van der Waals surface area contributed by atoms with Crippen LogP contribution in [0.3, 0.4) is 0 Å². The number of methoxy groups -OCH3 is 1. The van der Waals surface area contributed by atoms with Gasteiger partial charge in [0.2, 0.25) is 5.24 Å². The van der Waals surface area contributed by atoms with Crippen molar-refractivity contribution in [1.82, 2.24) is 0 Å². The average Bonchev–Trinajstić information content (AvgIpc) is 2.29. The molecule has 0 saturated carbocycles. The minimum atomic E-state index is -3.57. The Labute approximate surface area is 112 Å². The lowest BCUT2D eigenvalue weighted by Gasteiger charge is -2.11. The minimum absolute atomic E-state index is 0.103. The molecule has 1 aromatic carbocycles. The van der Waals surface area contributed by atoms with Crippen molar-refractivity contribution in [1.29, 1.82) is 0 Å². The lowest BCUT2D eigenvalue weighted by molar-refractivity contribution is -0.111. The van der Waals surface area contributed by atoms with Crippen molar-refractivity contribution in [2.75, 3.05) is 12.9 Å². The van der Waals surface area contributed by atoms with Crippen LogP contribution in [0.4, 0.5) is 0 Å². The molecule has 100 valence electrons. The first-order chi connectivity index (χ1) is 8.27. The standard InChI is InChI=1S/C12H15ClO4S/c1-8-6-10(17-3)11(7-9(8)2)18(15,16)5-4-12(13)14/h6-7H,4-5H2,1-3H3. The van der Waals surface area contributed by atoms with Gasteiger partial charge in [0, 0.05) is 6.42 Å². The van der Waals surface area contributed by atoms with Crippen LogP contribution in [0.25, 0.3) is 0 Å². The number of carbonyl (C=O) groups excluding carboxylic acids is 1. The molecule has 0 spiro atoms. The summed E-state index contributed by atoms with van der Waals surface area (Å²) >= 11 is 5.17. The Morgan fingerprint density at radius 1 is 1.28 bits per heavy atom. The van der Waals surface area contributed by atoms with Crippen LogP contribution < -0.4 is 4.74 Å². The van der Waals surface area contributed by atoms with Gasteiger partial charge in [-0.3, -0.25) is 4.79 Å². The highest BCUT2D eigenvalue weighted by Gasteiger charge is 2.21. The van der Waals surface area contributed by atoms with Crippen LogP contribution in [0.1, 0.15) is 17.5 Å². The van der Waals surface area contributed by atoms with Gasteiger partial charge in [0.1, 0.15) is 10.6 Å². The summed E-state index contributed by atoms with van der Waals surface area (Å²) in [5.74, 6) is -0.0195. The highest BCUT2D eigenvalue weighted by molar-refractivity contribution is 7.91. The van der Waals surface area contributed by atoms with Gasteiger partial charge >= 0.3 is 0 Å². The van der Waals surface area contributed by atoms with Gasteiger partial charge < -0.3 is 4.74 Å². The molecule has 18 heavy (non-hydrogen) atoms. The van der Waals surface area contributed by atoms with E-state index in [4.69, 9.17) is 16.3 Å². The molecule has 1 rings (SSSR count). The van der Waals surface area contributed by atoms with Crippen LogP contribution in [-0.2, 0) is 14.6 Å². The molecule has 6 heteroatoms. The van der Waals surface area contributed by atoms with Crippen LogP contribution in [0.5, 0.6) is 5.75 Å². The van der Waals surface area contributed by atoms with Crippen molar-refractivity contribution in [3.8, 4) is 5.75 Å². The minimum Gasteiger partial charge on any atom is -0.495 e. The summed E-state index contributed by atoms with van der Waals surface area (Å²) in [7, 11) is -2.16. The number of halogens is 1. The molecule has 0 N–H and O–H groups in total. The molecule has 0 saturated heterocycles. The van der Waals surface area contributed by atoms with E-state index in [1.807, 2.05) is 13.8 Å². The summed E-state index contributed by atoms with van der Waals surface area (Å²) in [6.45, 7) is 3.69. The largest absolute Gasteiger partial charge is 0.495 e. The van der Waals surface area contributed by atoms with Crippen molar-refractivity contribution in [2.24, 2.45) is 0 Å². The number of aryl methyl sites for hydroxylation is 2. The first kappa shape index (κ1) is 15.0. The van der Waals surface area contributed by atoms with E-state index < -0.39 is 15.1 Å². The van der Waals surface area contributed by atoms with Crippen LogP contribution in [0.15, 0.2) is 17.0 Å². The zero-order chi connectivity index (χ0) is 13.9. The fourth-order valence-corrected chi connectivity index (χ4v) is 3.18. The number of ether oxygens (including phenoxy) is 1. The lowest BCUT2D eigenvalue weighted by Crippen LogP contribution is -2.11. The van der Waals surface area contributed by atoms with E-state index >= 15 is 0 Å². The molecule has 0 fully saturated rings. The molecule has 0 aliphatic heterocycles. The van der Waals surface area contributed by atoms with Gasteiger partial charge in [0.15, 0.2) is 9.84 Å². The monoisotopic (exact) mass is 290 g/mol. The number of sulfone groups is 1. The number of hydrogen-bond donors (Lipinski definition) is 0. The first-order valence-electron chi connectivity index (χ1n) is 5.34. The normalized spacial score (nSPS) is 11.3. The molecule has 0 aliphatic rings. The van der Waals surface area contributed by atoms with Gasteiger partial charge in [-0.1, -0.05) is 0 Å². The summed E-state index contributed by atoms with van der Waals surface area (Å²) in [6.07, 6.45) is -0.208. The average molecular weight is 291 g/mol. The zero-order valence-electron chi connectivity index (χ0n) is 10.5. The Hall–Kier alpha value is -1.07. The Bertz CT molecular complexity index is 564. The molecule has 0 aliphatic carbocycles. The third-order valence-electron chi connectivity index (χ3n) is 2.68. The Morgan fingerprint density at radius 3 is 2.33 bits per heavy atom. The molecule has 0 heterocycles. The molecule has 0 radical (unpaired) electrons. The number of hydrogen-bond acceptors (Lipinski definition) is 4. The smallest absolute Gasteiger partial charge is 0.222 e. The zero-order valence-corrected chi connectivity index (χ0v) is 12.1. The topological polar surface area (TPSA) is 60.4 Å². The van der Waals surface area contributed by atoms with E-state index in [9.17, 15) is 13.2 Å². The molecular formula is C12H15ClO4S. The maximum Gasteiger partial charge on any atom is 0.222 e. The van der Waals surface area contributed by atoms with Gasteiger partial charge in [-0.2, -0.15) is 0 Å². The van der Waals surface area contributed by atoms with E-state index in [1.54, 1.807) is 12.1 Å². The van der Waals surface area contributed by atoms with Crippen molar-refractivity contribution in [3.63, 3.8) is 0 Å². The fraction of sp³-hybridized carbons (Fsp3) is 0.417. The van der Waals surface area contributed by atoms with Crippen LogP contribution >= 0.6 is 11.6 Å². The maximum absolute atomic E-state index is 12.1. The van der Waals surface area contributed by atoms with E-state index in [-0.39, 0.29) is 17.1 Å². The Balaban J connectivity index is 3.23. The summed E-state index contributed by atoms with van der Waals surface area (Å²) in [4.78, 5) is 10.8. The van der Waals surface area contributed by atoms with Crippen molar-refractivity contribution < 1.29 is 17.9 Å². The second-order valence-electron chi connectivity index (χ2n) is 4.01. The van der Waals surface area contributed by atoms with E-state index in [0.29, 0.717) is 5.75 Å². The first-order valence-corrected chi connectivity index (χ1v) is 7.37. The highest BCUT2D eigenvalue weighted by Crippen LogP contribution is 2.28. The predicted molar refractivity (Wildman–Crippen MR) is 70.0 cm³/mol. The van der Waals surface area contributed by atoms with Gasteiger partial charge in [0.05, 0.1) is 12.9 Å². The van der Waals surface area contributed by atoms with Crippen molar-refractivity contribution in [2.45, 2.75) is 25.2 Å². The maximum atomic E-state index is 12.1. The molecule has 0 bridgehead atoms. The fourth-order valence-electron chi connectivity index (χ4n) is 1.49. The van der Waals surface area contributed by atoms with Gasteiger partial charge in [-0.05, 0) is 48.7 Å². The van der Waals surface area contributed by atoms with Gasteiger partial charge in [0.25, 0.3) is 0 Å². The molecule has 1 aromatic rings. The van der Waals surface area contributed by atoms with Crippen molar-refractivity contribution >= 4 is 26.7 Å². The van der Waals surface area contributed by atoms with Gasteiger partial charge in [-0.25, -0.2) is 8.42 Å². The third-order valence-corrected chi connectivity index (χ3v) is 4.60. The van der Waals surface area contributed by atoms with Crippen molar-refractivity contribution in [3.05, 3.63) is 23.3 Å². The number of carbonyl (C=O) groups is 1. The van der Waals surface area contributed by atoms with Gasteiger partial charge in [-0.15, -0.1) is 0 Å². The van der Waals surface area contributed by atoms with E-state index in [2.05, 4.69) is 0 Å². The quantitative estimate of drug-likeness (QED) is 0.780. The highest BCUT2D eigenvalue weighted by atomic mass is 35.5. The van der Waals surface area contributed by atoms with Crippen LogP contribution in [0.2, 0.25) is 0 Å². The van der Waals surface area contributed by atoms with E-state index in [1.165, 1.54) is 7.11 Å². The summed E-state index contributed by atoms with van der Waals surface area (Å²) in [6, 6.07) is 3.23. The summed E-state index contributed by atoms with van der Waals surface area (Å²) in [5, 5.41) is -0.665. The molecule has 4 nitrogen and oxygen atoms in total. The lowest BCUT2D eigenvalue weighted by atomic mass is 10.1. The SMILES string of the molecule is COc1cc(C)c(C)cc1S(=O)(=O)CCC(=O)Cl. The molecule has 0 amide bonds. The Kier molecular flexibility index (Phi) is 4.76. The number of benzene rings is 1. The van der Waals surface area contributed by atoms with Crippen LogP contribution in [-0.4, -0.2) is 26.5 Å². The molecule has 0 atom stereocenters. The summed E-state index contributed by atoms with van der Waals surface area (Å²) < 4.78 is 29.3. The molecule has 0 unspecified atom stereocenters. The van der Waals surface area contributed by atoms with E-state index in [0.717, 1.165) is 11.1 Å². The Morgan fingerprint density at radius 2 is 1.83 bits per heavy atom. The molecular weight excluding hydrogens is 276 g/mol. The second-order valence-corrected chi connectivity index (χ2v) is 6.51. The predicted octanol–water partition coefficient (Wildman–Crippen LogP) is 2.24. The molecule has 0 aromatic heterocycles. The third kappa shape index (κ3) is 3.46. The number of rotatable bonds is 5. The van der Waals surface area contributed by atoms with Crippen LogP contribution in [0, 0.1) is 13.8 Å². The second kappa shape index (κ2) is 5.71.